The number of rotatable bonds is 7. The lowest BCUT2D eigenvalue weighted by atomic mass is 9.54. The zero-order valence-electron chi connectivity index (χ0n) is 24.4. The standard InChI is InChI=1S/C32H33Cl2F2N3O4/c1-30(2,3)15-24-32(16-37,19-10-9-18(33)14-21(19)35)26(31(4)12-6-7-20(34)27(31)36)25(39-24)28(40)38-22-11-8-17(29(41)42)13-23(22)43-5/h6-11,13-14,24-26,39H,12,15H2,1-5H3,(H,38,40)(H,41,42)/t24-,25+,26+,31?,32-/m0/s1. The molecule has 0 saturated carbocycles. The number of nitrogens with one attached hydrogen (secondary N) is 2. The number of allylic oxidation sites excluding steroid dienone is 4. The largest absolute Gasteiger partial charge is 0.495 e. The molecule has 1 aliphatic carbocycles. The number of nitriles is 1. The molecular formula is C32H33Cl2F2N3O4. The van der Waals surface area contributed by atoms with Gasteiger partial charge in [-0.1, -0.05) is 63.0 Å². The quantitative estimate of drug-likeness (QED) is 0.294. The lowest BCUT2D eigenvalue weighted by Gasteiger charge is -2.46. The van der Waals surface area contributed by atoms with Crippen molar-refractivity contribution in [3.63, 3.8) is 0 Å². The average molecular weight is 633 g/mol. The summed E-state index contributed by atoms with van der Waals surface area (Å²) in [6, 6.07) is 8.27. The fourth-order valence-corrected chi connectivity index (χ4v) is 6.95. The number of hydrogen-bond acceptors (Lipinski definition) is 5. The highest BCUT2D eigenvalue weighted by Gasteiger charge is 2.66. The number of carboxylic acids is 1. The zero-order chi connectivity index (χ0) is 31.9. The van der Waals surface area contributed by atoms with Crippen LogP contribution < -0.4 is 15.4 Å². The van der Waals surface area contributed by atoms with Crippen LogP contribution in [0.25, 0.3) is 0 Å². The van der Waals surface area contributed by atoms with Crippen molar-refractivity contribution in [2.45, 2.75) is 58.0 Å². The summed E-state index contributed by atoms with van der Waals surface area (Å²) in [5.41, 5.74) is -3.55. The first-order chi connectivity index (χ1) is 20.1. The van der Waals surface area contributed by atoms with Gasteiger partial charge in [-0.05, 0) is 54.7 Å². The minimum Gasteiger partial charge on any atom is -0.495 e. The van der Waals surface area contributed by atoms with Crippen LogP contribution in [0, 0.1) is 33.9 Å². The highest BCUT2D eigenvalue weighted by Crippen LogP contribution is 2.59. The number of nitrogens with zero attached hydrogens (tertiary/aromatic N) is 1. The molecule has 3 N–H and O–H groups in total. The highest BCUT2D eigenvalue weighted by molar-refractivity contribution is 6.31. The van der Waals surface area contributed by atoms with E-state index in [0.717, 1.165) is 6.07 Å². The minimum atomic E-state index is -1.75. The maximum atomic E-state index is 16.2. The molecule has 228 valence electrons. The summed E-state index contributed by atoms with van der Waals surface area (Å²) in [5, 5.41) is 26.5. The van der Waals surface area contributed by atoms with E-state index in [0.29, 0.717) is 6.42 Å². The molecule has 1 aliphatic heterocycles. The molecule has 1 unspecified atom stereocenters. The first-order valence-corrected chi connectivity index (χ1v) is 14.4. The Morgan fingerprint density at radius 3 is 2.49 bits per heavy atom. The van der Waals surface area contributed by atoms with Gasteiger partial charge in [0.1, 0.15) is 22.8 Å². The van der Waals surface area contributed by atoms with Crippen LogP contribution in [0.1, 0.15) is 56.5 Å². The fourth-order valence-electron chi connectivity index (χ4n) is 6.49. The number of methoxy groups -OCH3 is 1. The second kappa shape index (κ2) is 11.9. The molecule has 11 heteroatoms. The normalized spacial score (nSPS) is 27.1. The van der Waals surface area contributed by atoms with Crippen molar-refractivity contribution in [1.29, 1.82) is 5.26 Å². The van der Waals surface area contributed by atoms with Crippen molar-refractivity contribution in [2.24, 2.45) is 16.7 Å². The van der Waals surface area contributed by atoms with Gasteiger partial charge in [-0.25, -0.2) is 13.6 Å². The van der Waals surface area contributed by atoms with Gasteiger partial charge in [-0.15, -0.1) is 0 Å². The molecule has 1 amide bonds. The van der Waals surface area contributed by atoms with Gasteiger partial charge in [-0.3, -0.25) is 4.79 Å². The smallest absolute Gasteiger partial charge is 0.335 e. The van der Waals surface area contributed by atoms with Gasteiger partial charge < -0.3 is 20.5 Å². The Morgan fingerprint density at radius 1 is 1.21 bits per heavy atom. The van der Waals surface area contributed by atoms with E-state index in [1.165, 1.54) is 43.5 Å². The van der Waals surface area contributed by atoms with Gasteiger partial charge in [0, 0.05) is 28.0 Å². The van der Waals surface area contributed by atoms with Crippen molar-refractivity contribution in [3.05, 3.63) is 81.4 Å². The first kappa shape index (κ1) is 32.5. The van der Waals surface area contributed by atoms with E-state index in [2.05, 4.69) is 16.7 Å². The zero-order valence-corrected chi connectivity index (χ0v) is 25.9. The fraction of sp³-hybridized carbons (Fsp3) is 0.406. The SMILES string of the molecule is COc1cc(C(=O)O)ccc1NC(=O)[C@@H]1N[C@@H](CC(C)(C)C)[C@](C#N)(c2ccc(Cl)cc2F)[C@H]1C1(C)CC=CC(Cl)=C1F. The number of aromatic carboxylic acids is 1. The summed E-state index contributed by atoms with van der Waals surface area (Å²) in [6.45, 7) is 7.45. The van der Waals surface area contributed by atoms with E-state index < -0.39 is 57.8 Å². The van der Waals surface area contributed by atoms with Crippen molar-refractivity contribution in [1.82, 2.24) is 5.32 Å². The number of ether oxygens (including phenoxy) is 1. The molecule has 43 heavy (non-hydrogen) atoms. The molecule has 2 aromatic rings. The molecule has 1 fully saturated rings. The molecule has 0 radical (unpaired) electrons. The van der Waals surface area contributed by atoms with Crippen molar-refractivity contribution < 1.29 is 28.2 Å². The Morgan fingerprint density at radius 2 is 1.91 bits per heavy atom. The maximum Gasteiger partial charge on any atom is 0.335 e. The van der Waals surface area contributed by atoms with Crippen LogP contribution in [-0.2, 0) is 10.2 Å². The first-order valence-electron chi connectivity index (χ1n) is 13.7. The van der Waals surface area contributed by atoms with Gasteiger partial charge in [0.05, 0.1) is 35.5 Å². The minimum absolute atomic E-state index is 0.00968. The van der Waals surface area contributed by atoms with Crippen molar-refractivity contribution >= 4 is 40.8 Å². The third kappa shape index (κ3) is 5.88. The molecule has 5 atom stereocenters. The van der Waals surface area contributed by atoms with Crippen LogP contribution in [0.2, 0.25) is 5.02 Å². The van der Waals surface area contributed by atoms with Crippen LogP contribution in [0.5, 0.6) is 5.75 Å². The Bertz CT molecular complexity index is 1560. The third-order valence-electron chi connectivity index (χ3n) is 8.32. The summed E-state index contributed by atoms with van der Waals surface area (Å²) in [4.78, 5) is 25.7. The summed E-state index contributed by atoms with van der Waals surface area (Å²) >= 11 is 12.4. The van der Waals surface area contributed by atoms with Gasteiger partial charge >= 0.3 is 5.97 Å². The predicted octanol–water partition coefficient (Wildman–Crippen LogP) is 7.36. The summed E-state index contributed by atoms with van der Waals surface area (Å²) in [6.07, 6.45) is 3.51. The monoisotopic (exact) mass is 631 g/mol. The van der Waals surface area contributed by atoms with Gasteiger partial charge in [0.2, 0.25) is 5.91 Å². The van der Waals surface area contributed by atoms with Gasteiger partial charge in [-0.2, -0.15) is 5.26 Å². The highest BCUT2D eigenvalue weighted by atomic mass is 35.5. The molecule has 7 nitrogen and oxygen atoms in total. The third-order valence-corrected chi connectivity index (χ3v) is 8.85. The van der Waals surface area contributed by atoms with E-state index >= 15 is 8.78 Å². The maximum absolute atomic E-state index is 16.2. The Kier molecular flexibility index (Phi) is 8.99. The van der Waals surface area contributed by atoms with Gasteiger partial charge in [0.25, 0.3) is 0 Å². The number of hydrogen-bond donors (Lipinski definition) is 3. The van der Waals surface area contributed by atoms with Crippen molar-refractivity contribution in [2.75, 3.05) is 12.4 Å². The van der Waals surface area contributed by atoms with E-state index in [9.17, 15) is 20.0 Å². The Hall–Kier alpha value is -3.45. The van der Waals surface area contributed by atoms with E-state index in [1.807, 2.05) is 20.8 Å². The van der Waals surface area contributed by atoms with Crippen LogP contribution >= 0.6 is 23.2 Å². The summed E-state index contributed by atoms with van der Waals surface area (Å²) < 4.78 is 37.5. The summed E-state index contributed by atoms with van der Waals surface area (Å²) in [5.74, 6) is -4.37. The average Bonchev–Trinajstić information content (AvgIpc) is 3.25. The molecule has 2 aromatic carbocycles. The molecule has 0 spiro atoms. The molecule has 2 aliphatic rings. The van der Waals surface area contributed by atoms with E-state index in [-0.39, 0.29) is 39.0 Å². The number of carboxylic acid groups (broad SMARTS) is 1. The second-order valence-electron chi connectivity index (χ2n) is 12.4. The lowest BCUT2D eigenvalue weighted by Crippen LogP contribution is -2.52. The number of halogens is 4. The second-order valence-corrected chi connectivity index (χ2v) is 13.3. The molecule has 0 bridgehead atoms. The van der Waals surface area contributed by atoms with Crippen LogP contribution in [0.3, 0.4) is 0 Å². The number of carbonyl (C=O) groups is 2. The van der Waals surface area contributed by atoms with Crippen LogP contribution in [0.15, 0.2) is 59.4 Å². The molecule has 1 heterocycles. The molecular weight excluding hydrogens is 599 g/mol. The molecule has 1 saturated heterocycles. The van der Waals surface area contributed by atoms with E-state index in [1.54, 1.807) is 13.0 Å². The van der Waals surface area contributed by atoms with Crippen LogP contribution in [-0.4, -0.2) is 36.2 Å². The molecule has 4 rings (SSSR count). The number of benzene rings is 2. The van der Waals surface area contributed by atoms with Crippen molar-refractivity contribution in [3.8, 4) is 11.8 Å². The van der Waals surface area contributed by atoms with Crippen LogP contribution in [0.4, 0.5) is 14.5 Å². The Labute approximate surface area is 259 Å². The van der Waals surface area contributed by atoms with Gasteiger partial charge in [0.15, 0.2) is 0 Å². The summed E-state index contributed by atoms with van der Waals surface area (Å²) in [7, 11) is 1.33. The number of anilines is 1. The predicted molar refractivity (Wildman–Crippen MR) is 161 cm³/mol. The number of carbonyl (C=O) groups excluding carboxylic acids is 1. The Balaban J connectivity index is 1.96. The topological polar surface area (TPSA) is 111 Å². The molecule has 0 aromatic heterocycles. The lowest BCUT2D eigenvalue weighted by molar-refractivity contribution is -0.120. The van der Waals surface area contributed by atoms with E-state index in [4.69, 9.17) is 27.9 Å². The number of amides is 1.